The molecule has 0 N–H and O–H groups in total. The Morgan fingerprint density at radius 1 is 1.20 bits per heavy atom. The van der Waals surface area contributed by atoms with Crippen LogP contribution in [0.5, 0.6) is 0 Å². The van der Waals surface area contributed by atoms with Gasteiger partial charge in [-0.15, -0.1) is 0 Å². The summed E-state index contributed by atoms with van der Waals surface area (Å²) in [6.07, 6.45) is 2.28. The molecule has 4 heteroatoms. The standard InChI is InChI=1S/C16H23Cl2NO/c1-4-12(5-2)10-19(6-3)11-16(20)14-8-7-13(17)9-15(14)18/h7-9,12H,4-6,10-11H2,1-3H3. The van der Waals surface area contributed by atoms with Crippen molar-refractivity contribution in [3.63, 3.8) is 0 Å². The molecule has 1 rings (SSSR count). The zero-order chi connectivity index (χ0) is 15.1. The van der Waals surface area contributed by atoms with Crippen molar-refractivity contribution in [1.82, 2.24) is 4.90 Å². The van der Waals surface area contributed by atoms with E-state index in [1.165, 1.54) is 0 Å². The number of likely N-dealkylation sites (N-methyl/N-ethyl adjacent to an activating group) is 1. The number of carbonyl (C=O) groups excluding carboxylic acids is 1. The number of hydrogen-bond donors (Lipinski definition) is 0. The fraction of sp³-hybridized carbons (Fsp3) is 0.562. The maximum Gasteiger partial charge on any atom is 0.178 e. The van der Waals surface area contributed by atoms with Gasteiger partial charge in [-0.2, -0.15) is 0 Å². The summed E-state index contributed by atoms with van der Waals surface area (Å²) in [6, 6.07) is 5.03. The SMILES string of the molecule is CCC(CC)CN(CC)CC(=O)c1ccc(Cl)cc1Cl. The van der Waals surface area contributed by atoms with Crippen molar-refractivity contribution in [2.24, 2.45) is 5.92 Å². The van der Waals surface area contributed by atoms with Crippen LogP contribution >= 0.6 is 23.2 Å². The van der Waals surface area contributed by atoms with Crippen molar-refractivity contribution in [3.8, 4) is 0 Å². The number of ketones is 1. The van der Waals surface area contributed by atoms with Crippen molar-refractivity contribution >= 4 is 29.0 Å². The second-order valence-corrected chi connectivity index (χ2v) is 5.90. The van der Waals surface area contributed by atoms with Crippen LogP contribution in [0.4, 0.5) is 0 Å². The van der Waals surface area contributed by atoms with E-state index >= 15 is 0 Å². The molecule has 0 unspecified atom stereocenters. The van der Waals surface area contributed by atoms with Crippen LogP contribution in [0.15, 0.2) is 18.2 Å². The molecule has 0 aliphatic heterocycles. The number of rotatable bonds is 8. The number of hydrogen-bond acceptors (Lipinski definition) is 2. The van der Waals surface area contributed by atoms with Crippen LogP contribution in [0.1, 0.15) is 44.0 Å². The Balaban J connectivity index is 2.71. The first-order valence-electron chi connectivity index (χ1n) is 7.22. The lowest BCUT2D eigenvalue weighted by atomic mass is 10.0. The Kier molecular flexibility index (Phi) is 7.57. The lowest BCUT2D eigenvalue weighted by Crippen LogP contribution is -2.34. The first kappa shape index (κ1) is 17.5. The average molecular weight is 316 g/mol. The predicted octanol–water partition coefficient (Wildman–Crippen LogP) is 4.93. The van der Waals surface area contributed by atoms with Gasteiger partial charge in [0.2, 0.25) is 0 Å². The minimum absolute atomic E-state index is 0.0551. The summed E-state index contributed by atoms with van der Waals surface area (Å²) >= 11 is 11.9. The Bertz CT molecular complexity index is 444. The normalized spacial score (nSPS) is 11.3. The molecule has 0 spiro atoms. The van der Waals surface area contributed by atoms with Crippen LogP contribution in [0.3, 0.4) is 0 Å². The summed E-state index contributed by atoms with van der Waals surface area (Å²) in [6.45, 7) is 8.71. The molecule has 0 radical (unpaired) electrons. The average Bonchev–Trinajstić information content (AvgIpc) is 2.43. The van der Waals surface area contributed by atoms with Gasteiger partial charge in [-0.05, 0) is 30.7 Å². The van der Waals surface area contributed by atoms with Gasteiger partial charge >= 0.3 is 0 Å². The Morgan fingerprint density at radius 3 is 2.35 bits per heavy atom. The molecule has 2 nitrogen and oxygen atoms in total. The van der Waals surface area contributed by atoms with E-state index in [1.807, 2.05) is 0 Å². The highest BCUT2D eigenvalue weighted by atomic mass is 35.5. The van der Waals surface area contributed by atoms with Gasteiger partial charge in [0.1, 0.15) is 0 Å². The molecule has 0 bridgehead atoms. The monoisotopic (exact) mass is 315 g/mol. The highest BCUT2D eigenvalue weighted by molar-refractivity contribution is 6.36. The molecule has 112 valence electrons. The zero-order valence-corrected chi connectivity index (χ0v) is 14.0. The van der Waals surface area contributed by atoms with E-state index in [-0.39, 0.29) is 5.78 Å². The Morgan fingerprint density at radius 2 is 1.85 bits per heavy atom. The van der Waals surface area contributed by atoms with Crippen LogP contribution in [0.2, 0.25) is 10.0 Å². The molecule has 0 atom stereocenters. The maximum atomic E-state index is 12.3. The van der Waals surface area contributed by atoms with Gasteiger partial charge in [-0.1, -0.05) is 56.8 Å². The molecule has 0 aliphatic rings. The van der Waals surface area contributed by atoms with Crippen LogP contribution in [0.25, 0.3) is 0 Å². The summed E-state index contributed by atoms with van der Waals surface area (Å²) in [7, 11) is 0. The van der Waals surface area contributed by atoms with Crippen LogP contribution < -0.4 is 0 Å². The zero-order valence-electron chi connectivity index (χ0n) is 12.5. The maximum absolute atomic E-state index is 12.3. The molecule has 1 aromatic carbocycles. The number of carbonyl (C=O) groups is 1. The lowest BCUT2D eigenvalue weighted by molar-refractivity contribution is 0.0921. The fourth-order valence-electron chi connectivity index (χ4n) is 2.22. The summed E-state index contributed by atoms with van der Waals surface area (Å²) < 4.78 is 0. The molecular weight excluding hydrogens is 293 g/mol. The molecule has 0 fully saturated rings. The first-order valence-corrected chi connectivity index (χ1v) is 7.97. The smallest absolute Gasteiger partial charge is 0.178 e. The minimum Gasteiger partial charge on any atom is -0.296 e. The van der Waals surface area contributed by atoms with E-state index in [2.05, 4.69) is 25.7 Å². The summed E-state index contributed by atoms with van der Waals surface area (Å²) in [5.41, 5.74) is 0.555. The van der Waals surface area contributed by atoms with Gasteiger partial charge in [-0.3, -0.25) is 9.69 Å². The second-order valence-electron chi connectivity index (χ2n) is 5.06. The van der Waals surface area contributed by atoms with Crippen molar-refractivity contribution in [2.75, 3.05) is 19.6 Å². The van der Waals surface area contributed by atoms with Gasteiger partial charge in [0.25, 0.3) is 0 Å². The molecule has 1 aromatic rings. The van der Waals surface area contributed by atoms with Crippen molar-refractivity contribution in [2.45, 2.75) is 33.6 Å². The van der Waals surface area contributed by atoms with E-state index in [9.17, 15) is 4.79 Å². The topological polar surface area (TPSA) is 20.3 Å². The van der Waals surface area contributed by atoms with Gasteiger partial charge in [0, 0.05) is 17.1 Å². The third-order valence-electron chi connectivity index (χ3n) is 3.72. The van der Waals surface area contributed by atoms with Gasteiger partial charge in [0.15, 0.2) is 5.78 Å². The highest BCUT2D eigenvalue weighted by Gasteiger charge is 2.16. The van der Waals surface area contributed by atoms with E-state index < -0.39 is 0 Å². The quantitative estimate of drug-likeness (QED) is 0.634. The Hall–Kier alpha value is -0.570. The molecule has 0 aliphatic carbocycles. The van der Waals surface area contributed by atoms with Crippen LogP contribution in [-0.4, -0.2) is 30.3 Å². The van der Waals surface area contributed by atoms with E-state index in [0.717, 1.165) is 25.9 Å². The molecule has 0 saturated carbocycles. The largest absolute Gasteiger partial charge is 0.296 e. The van der Waals surface area contributed by atoms with Crippen molar-refractivity contribution in [3.05, 3.63) is 33.8 Å². The number of halogens is 2. The molecule has 0 aromatic heterocycles. The predicted molar refractivity (Wildman–Crippen MR) is 87.0 cm³/mol. The number of nitrogens with zero attached hydrogens (tertiary/aromatic N) is 1. The van der Waals surface area contributed by atoms with Gasteiger partial charge < -0.3 is 0 Å². The minimum atomic E-state index is 0.0551. The van der Waals surface area contributed by atoms with Crippen molar-refractivity contribution in [1.29, 1.82) is 0 Å². The molecular formula is C16H23Cl2NO. The molecule has 0 heterocycles. The fourth-order valence-corrected chi connectivity index (χ4v) is 2.74. The lowest BCUT2D eigenvalue weighted by Gasteiger charge is -2.24. The van der Waals surface area contributed by atoms with Gasteiger partial charge in [-0.25, -0.2) is 0 Å². The second kappa shape index (κ2) is 8.66. The van der Waals surface area contributed by atoms with E-state index in [4.69, 9.17) is 23.2 Å². The summed E-state index contributed by atoms with van der Waals surface area (Å²) in [5.74, 6) is 0.697. The highest BCUT2D eigenvalue weighted by Crippen LogP contribution is 2.22. The number of benzene rings is 1. The third-order valence-corrected chi connectivity index (χ3v) is 4.26. The van der Waals surface area contributed by atoms with Crippen LogP contribution in [0, 0.1) is 5.92 Å². The summed E-state index contributed by atoms with van der Waals surface area (Å²) in [4.78, 5) is 14.5. The van der Waals surface area contributed by atoms with Crippen LogP contribution in [-0.2, 0) is 0 Å². The molecule has 0 saturated heterocycles. The number of Topliss-reactive ketones (excluding diaryl/α,β-unsaturated/α-hetero) is 1. The first-order chi connectivity index (χ1) is 9.51. The Labute approximate surface area is 132 Å². The van der Waals surface area contributed by atoms with E-state index in [0.29, 0.717) is 28.1 Å². The van der Waals surface area contributed by atoms with E-state index in [1.54, 1.807) is 18.2 Å². The summed E-state index contributed by atoms with van der Waals surface area (Å²) in [5, 5.41) is 0.983. The molecule has 0 amide bonds. The van der Waals surface area contributed by atoms with Crippen molar-refractivity contribution < 1.29 is 4.79 Å². The third kappa shape index (κ3) is 5.08. The molecule has 20 heavy (non-hydrogen) atoms. The van der Waals surface area contributed by atoms with Gasteiger partial charge in [0.05, 0.1) is 11.6 Å².